The summed E-state index contributed by atoms with van der Waals surface area (Å²) in [7, 11) is 0. The van der Waals surface area contributed by atoms with Crippen molar-refractivity contribution in [2.45, 2.75) is 6.42 Å². The number of halogens is 1. The molecule has 2 rings (SSSR count). The minimum atomic E-state index is 0.734. The molecule has 0 fully saturated rings. The van der Waals surface area contributed by atoms with E-state index in [4.69, 9.17) is 4.74 Å². The van der Waals surface area contributed by atoms with Gasteiger partial charge >= 0.3 is 0 Å². The molecule has 2 heterocycles. The van der Waals surface area contributed by atoms with Crippen molar-refractivity contribution in [1.29, 1.82) is 0 Å². The van der Waals surface area contributed by atoms with Crippen molar-refractivity contribution < 1.29 is 4.74 Å². The first-order valence-electron chi connectivity index (χ1n) is 4.81. The minimum absolute atomic E-state index is 0.734. The maximum Gasteiger partial charge on any atom is 0.143 e. The zero-order chi connectivity index (χ0) is 10.5. The Labute approximate surface area is 102 Å². The first kappa shape index (κ1) is 10.8. The standard InChI is InChI=1S/C10H12IN3O/c11-9-6-12-7-14-10(9)13-5-8-1-3-15-4-2-8/h1,6-7H,2-5H2,(H,12,13,14). The quantitative estimate of drug-likeness (QED) is 0.683. The van der Waals surface area contributed by atoms with Crippen molar-refractivity contribution in [3.05, 3.63) is 27.7 Å². The largest absolute Gasteiger partial charge is 0.377 e. The van der Waals surface area contributed by atoms with Gasteiger partial charge in [-0.2, -0.15) is 0 Å². The molecule has 1 aliphatic heterocycles. The maximum atomic E-state index is 5.24. The van der Waals surface area contributed by atoms with E-state index in [0.717, 1.165) is 35.6 Å². The zero-order valence-corrected chi connectivity index (χ0v) is 10.4. The summed E-state index contributed by atoms with van der Waals surface area (Å²) in [6, 6.07) is 0. The summed E-state index contributed by atoms with van der Waals surface area (Å²) >= 11 is 2.22. The summed E-state index contributed by atoms with van der Waals surface area (Å²) < 4.78 is 6.29. The van der Waals surface area contributed by atoms with Crippen LogP contribution in [0.15, 0.2) is 24.2 Å². The van der Waals surface area contributed by atoms with Crippen LogP contribution in [0.5, 0.6) is 0 Å². The first-order chi connectivity index (χ1) is 7.36. The van der Waals surface area contributed by atoms with Crippen LogP contribution in [0, 0.1) is 3.57 Å². The van der Waals surface area contributed by atoms with Crippen molar-refractivity contribution in [1.82, 2.24) is 9.97 Å². The molecule has 0 spiro atoms. The average Bonchev–Trinajstić information content (AvgIpc) is 2.29. The number of hydrogen-bond donors (Lipinski definition) is 1. The van der Waals surface area contributed by atoms with Gasteiger partial charge in [0.2, 0.25) is 0 Å². The van der Waals surface area contributed by atoms with Crippen molar-refractivity contribution in [2.24, 2.45) is 0 Å². The van der Waals surface area contributed by atoms with Gasteiger partial charge in [0.15, 0.2) is 0 Å². The Balaban J connectivity index is 1.93. The van der Waals surface area contributed by atoms with Gasteiger partial charge in [-0.3, -0.25) is 0 Å². The Kier molecular flexibility index (Phi) is 3.90. The summed E-state index contributed by atoms with van der Waals surface area (Å²) in [5, 5.41) is 3.30. The van der Waals surface area contributed by atoms with E-state index in [-0.39, 0.29) is 0 Å². The van der Waals surface area contributed by atoms with Gasteiger partial charge < -0.3 is 10.1 Å². The molecule has 0 saturated heterocycles. The fourth-order valence-corrected chi connectivity index (χ4v) is 1.86. The highest BCUT2D eigenvalue weighted by atomic mass is 127. The Morgan fingerprint density at radius 3 is 3.20 bits per heavy atom. The van der Waals surface area contributed by atoms with Gasteiger partial charge in [-0.25, -0.2) is 9.97 Å². The second-order valence-electron chi connectivity index (χ2n) is 3.26. The normalized spacial score (nSPS) is 15.9. The van der Waals surface area contributed by atoms with Gasteiger partial charge in [0.25, 0.3) is 0 Å². The van der Waals surface area contributed by atoms with Gasteiger partial charge in [-0.1, -0.05) is 11.6 Å². The van der Waals surface area contributed by atoms with E-state index in [9.17, 15) is 0 Å². The summed E-state index contributed by atoms with van der Waals surface area (Å²) in [6.07, 6.45) is 6.50. The summed E-state index contributed by atoms with van der Waals surface area (Å²) in [5.41, 5.74) is 1.38. The van der Waals surface area contributed by atoms with Crippen LogP contribution in [-0.2, 0) is 4.74 Å². The molecule has 5 heteroatoms. The van der Waals surface area contributed by atoms with Crippen LogP contribution in [0.4, 0.5) is 5.82 Å². The Hall–Kier alpha value is -0.690. The van der Waals surface area contributed by atoms with Gasteiger partial charge in [0.05, 0.1) is 16.8 Å². The second-order valence-corrected chi connectivity index (χ2v) is 4.42. The molecule has 0 saturated carbocycles. The topological polar surface area (TPSA) is 47.0 Å². The summed E-state index contributed by atoms with van der Waals surface area (Å²) in [5.74, 6) is 0.901. The second kappa shape index (κ2) is 5.41. The lowest BCUT2D eigenvalue weighted by atomic mass is 10.1. The lowest BCUT2D eigenvalue weighted by molar-refractivity contribution is 0.154. The number of aromatic nitrogens is 2. The number of rotatable bonds is 3. The van der Waals surface area contributed by atoms with E-state index in [2.05, 4.69) is 44.0 Å². The molecule has 0 unspecified atom stereocenters. The number of nitrogens with zero attached hydrogens (tertiary/aromatic N) is 2. The number of hydrogen-bond acceptors (Lipinski definition) is 4. The molecule has 1 aromatic rings. The Bertz CT molecular complexity index is 367. The fourth-order valence-electron chi connectivity index (χ4n) is 1.37. The predicted molar refractivity (Wildman–Crippen MR) is 66.8 cm³/mol. The molecule has 0 bridgehead atoms. The number of ether oxygens (including phenoxy) is 1. The third-order valence-corrected chi connectivity index (χ3v) is 3.00. The van der Waals surface area contributed by atoms with Gasteiger partial charge in [-0.15, -0.1) is 0 Å². The van der Waals surface area contributed by atoms with Gasteiger partial charge in [-0.05, 0) is 29.0 Å². The summed E-state index contributed by atoms with van der Waals surface area (Å²) in [6.45, 7) is 2.41. The summed E-state index contributed by atoms with van der Waals surface area (Å²) in [4.78, 5) is 8.12. The van der Waals surface area contributed by atoms with Crippen LogP contribution in [0.2, 0.25) is 0 Å². The van der Waals surface area contributed by atoms with Crippen molar-refractivity contribution in [3.8, 4) is 0 Å². The fraction of sp³-hybridized carbons (Fsp3) is 0.400. The van der Waals surface area contributed by atoms with E-state index in [1.165, 1.54) is 5.57 Å². The molecule has 4 nitrogen and oxygen atoms in total. The van der Waals surface area contributed by atoms with Crippen LogP contribution in [-0.4, -0.2) is 29.7 Å². The highest BCUT2D eigenvalue weighted by Gasteiger charge is 2.05. The number of nitrogens with one attached hydrogen (secondary N) is 1. The molecule has 0 radical (unpaired) electrons. The Morgan fingerprint density at radius 1 is 1.53 bits per heavy atom. The lowest BCUT2D eigenvalue weighted by Crippen LogP contribution is -2.13. The smallest absolute Gasteiger partial charge is 0.143 e. The third kappa shape index (κ3) is 3.13. The maximum absolute atomic E-state index is 5.24. The molecule has 80 valence electrons. The molecular weight excluding hydrogens is 305 g/mol. The lowest BCUT2D eigenvalue weighted by Gasteiger charge is -2.14. The van der Waals surface area contributed by atoms with Gasteiger partial charge in [0, 0.05) is 12.7 Å². The predicted octanol–water partition coefficient (Wildman–Crippen LogP) is 1.84. The van der Waals surface area contributed by atoms with Crippen molar-refractivity contribution in [2.75, 3.05) is 25.1 Å². The monoisotopic (exact) mass is 317 g/mol. The molecule has 15 heavy (non-hydrogen) atoms. The average molecular weight is 317 g/mol. The minimum Gasteiger partial charge on any atom is -0.377 e. The molecule has 1 N–H and O–H groups in total. The molecule has 1 aliphatic rings. The third-order valence-electron chi connectivity index (χ3n) is 2.21. The first-order valence-corrected chi connectivity index (χ1v) is 5.89. The van der Waals surface area contributed by atoms with Gasteiger partial charge in [0.1, 0.15) is 12.1 Å². The highest BCUT2D eigenvalue weighted by Crippen LogP contribution is 2.14. The van der Waals surface area contributed by atoms with E-state index in [1.54, 1.807) is 12.5 Å². The van der Waals surface area contributed by atoms with E-state index < -0.39 is 0 Å². The number of anilines is 1. The van der Waals surface area contributed by atoms with Crippen LogP contribution in [0.25, 0.3) is 0 Å². The van der Waals surface area contributed by atoms with Crippen molar-refractivity contribution in [3.63, 3.8) is 0 Å². The molecular formula is C10H12IN3O. The highest BCUT2D eigenvalue weighted by molar-refractivity contribution is 14.1. The molecule has 0 atom stereocenters. The van der Waals surface area contributed by atoms with Crippen molar-refractivity contribution >= 4 is 28.4 Å². The SMILES string of the molecule is Ic1cncnc1NCC1=CCOCC1. The molecule has 0 amide bonds. The zero-order valence-electron chi connectivity index (χ0n) is 8.24. The van der Waals surface area contributed by atoms with E-state index >= 15 is 0 Å². The molecule has 1 aromatic heterocycles. The van der Waals surface area contributed by atoms with Crippen LogP contribution in [0.3, 0.4) is 0 Å². The van der Waals surface area contributed by atoms with Crippen LogP contribution >= 0.6 is 22.6 Å². The van der Waals surface area contributed by atoms with E-state index in [1.807, 2.05) is 0 Å². The van der Waals surface area contributed by atoms with Crippen LogP contribution < -0.4 is 5.32 Å². The molecule has 0 aromatic carbocycles. The van der Waals surface area contributed by atoms with Crippen LogP contribution in [0.1, 0.15) is 6.42 Å². The van der Waals surface area contributed by atoms with E-state index in [0.29, 0.717) is 0 Å². The Morgan fingerprint density at radius 2 is 2.47 bits per heavy atom. The molecule has 0 aliphatic carbocycles.